The predicted molar refractivity (Wildman–Crippen MR) is 84.2 cm³/mol. The van der Waals surface area contributed by atoms with Crippen molar-refractivity contribution in [1.82, 2.24) is 10.6 Å². The first-order valence-electron chi connectivity index (χ1n) is 6.18. The van der Waals surface area contributed by atoms with Crippen LogP contribution in [0.5, 0.6) is 0 Å². The molecule has 2 rings (SSSR count). The van der Waals surface area contributed by atoms with Gasteiger partial charge in [-0.3, -0.25) is 4.79 Å². The van der Waals surface area contributed by atoms with Crippen molar-refractivity contribution in [2.24, 2.45) is 0 Å². The third-order valence-electron chi connectivity index (χ3n) is 3.33. The number of hydrogen-bond acceptors (Lipinski definition) is 3. The van der Waals surface area contributed by atoms with Gasteiger partial charge in [0.05, 0.1) is 0 Å². The van der Waals surface area contributed by atoms with Crippen molar-refractivity contribution in [3.8, 4) is 0 Å². The van der Waals surface area contributed by atoms with Gasteiger partial charge in [0.1, 0.15) is 0 Å². The Morgan fingerprint density at radius 3 is 2.74 bits per heavy atom. The molecule has 0 radical (unpaired) electrons. The molecule has 1 aromatic carbocycles. The fraction of sp³-hybridized carbons (Fsp3) is 0.500. The van der Waals surface area contributed by atoms with E-state index < -0.39 is 0 Å². The standard InChI is InChI=1S/C14H20N2OS.ClH/c1-14(2,18-3)9-16-13(17)10-4-5-11-7-15-8-12(11)6-10;/h4-6,15H,7-9H2,1-3H3,(H,16,17);1H. The molecule has 1 aliphatic rings. The molecule has 2 N–H and O–H groups in total. The van der Waals surface area contributed by atoms with Crippen LogP contribution < -0.4 is 10.6 Å². The van der Waals surface area contributed by atoms with Gasteiger partial charge in [-0.1, -0.05) is 6.07 Å². The fourth-order valence-corrected chi connectivity index (χ4v) is 2.12. The lowest BCUT2D eigenvalue weighted by Crippen LogP contribution is -2.36. The first-order chi connectivity index (χ1) is 8.52. The van der Waals surface area contributed by atoms with Gasteiger partial charge >= 0.3 is 0 Å². The Morgan fingerprint density at radius 2 is 2.05 bits per heavy atom. The van der Waals surface area contributed by atoms with Crippen molar-refractivity contribution in [1.29, 1.82) is 0 Å². The van der Waals surface area contributed by atoms with Gasteiger partial charge in [0.25, 0.3) is 5.91 Å². The monoisotopic (exact) mass is 300 g/mol. The Hall–Kier alpha value is -0.710. The molecule has 0 fully saturated rings. The zero-order chi connectivity index (χ0) is 13.2. The summed E-state index contributed by atoms with van der Waals surface area (Å²) in [5.74, 6) is 0.0202. The summed E-state index contributed by atoms with van der Waals surface area (Å²) in [4.78, 5) is 12.1. The Kier molecular flexibility index (Phi) is 5.71. The normalized spacial score (nSPS) is 13.6. The summed E-state index contributed by atoms with van der Waals surface area (Å²) in [5.41, 5.74) is 3.30. The van der Waals surface area contributed by atoms with E-state index in [1.807, 2.05) is 18.2 Å². The summed E-state index contributed by atoms with van der Waals surface area (Å²) in [7, 11) is 0. The van der Waals surface area contributed by atoms with Crippen LogP contribution in [0.4, 0.5) is 0 Å². The van der Waals surface area contributed by atoms with Crippen molar-refractivity contribution in [3.05, 3.63) is 34.9 Å². The van der Waals surface area contributed by atoms with Crippen LogP contribution in [-0.2, 0) is 13.1 Å². The van der Waals surface area contributed by atoms with E-state index in [0.29, 0.717) is 6.54 Å². The third kappa shape index (κ3) is 4.13. The molecule has 1 heterocycles. The molecule has 1 aliphatic heterocycles. The molecule has 1 amide bonds. The summed E-state index contributed by atoms with van der Waals surface area (Å²) in [6, 6.07) is 5.95. The minimum Gasteiger partial charge on any atom is -0.351 e. The van der Waals surface area contributed by atoms with Gasteiger partial charge in [-0.15, -0.1) is 12.4 Å². The van der Waals surface area contributed by atoms with Crippen molar-refractivity contribution in [2.75, 3.05) is 12.8 Å². The lowest BCUT2D eigenvalue weighted by molar-refractivity contribution is 0.0950. The number of benzene rings is 1. The summed E-state index contributed by atoms with van der Waals surface area (Å²) < 4.78 is 0.0773. The quantitative estimate of drug-likeness (QED) is 0.898. The zero-order valence-corrected chi connectivity index (χ0v) is 13.2. The average molecular weight is 301 g/mol. The Bertz CT molecular complexity index is 463. The molecule has 0 spiro atoms. The van der Waals surface area contributed by atoms with Gasteiger partial charge in [-0.25, -0.2) is 0 Å². The lowest BCUT2D eigenvalue weighted by Gasteiger charge is -2.22. The highest BCUT2D eigenvalue weighted by Crippen LogP contribution is 2.20. The average Bonchev–Trinajstić information content (AvgIpc) is 2.83. The highest BCUT2D eigenvalue weighted by atomic mass is 35.5. The van der Waals surface area contributed by atoms with Crippen LogP contribution in [0.2, 0.25) is 0 Å². The SMILES string of the molecule is CSC(C)(C)CNC(=O)c1ccc2c(c1)CNC2.Cl. The van der Waals surface area contributed by atoms with Gasteiger partial charge < -0.3 is 10.6 Å². The predicted octanol–water partition coefficient (Wildman–Crippen LogP) is 2.58. The molecule has 0 saturated heterocycles. The first kappa shape index (κ1) is 16.3. The number of fused-ring (bicyclic) bond motifs is 1. The van der Waals surface area contributed by atoms with Crippen molar-refractivity contribution in [3.63, 3.8) is 0 Å². The molecule has 0 atom stereocenters. The van der Waals surface area contributed by atoms with Crippen LogP contribution in [0, 0.1) is 0 Å². The highest BCUT2D eigenvalue weighted by molar-refractivity contribution is 7.99. The van der Waals surface area contributed by atoms with Gasteiger partial charge in [-0.05, 0) is 43.4 Å². The number of carbonyl (C=O) groups excluding carboxylic acids is 1. The highest BCUT2D eigenvalue weighted by Gasteiger charge is 2.18. The lowest BCUT2D eigenvalue weighted by atomic mass is 10.1. The Labute approximate surface area is 125 Å². The third-order valence-corrected chi connectivity index (χ3v) is 4.58. The van der Waals surface area contributed by atoms with Crippen LogP contribution in [0.25, 0.3) is 0 Å². The zero-order valence-electron chi connectivity index (χ0n) is 11.6. The van der Waals surface area contributed by atoms with E-state index in [4.69, 9.17) is 0 Å². The second-order valence-corrected chi connectivity index (χ2v) is 6.75. The van der Waals surface area contributed by atoms with E-state index >= 15 is 0 Å². The molecule has 19 heavy (non-hydrogen) atoms. The summed E-state index contributed by atoms with van der Waals surface area (Å²) >= 11 is 1.76. The number of halogens is 1. The van der Waals surface area contributed by atoms with Gasteiger partial charge in [0, 0.05) is 29.9 Å². The summed E-state index contributed by atoms with van der Waals surface area (Å²) in [5, 5.41) is 6.29. The smallest absolute Gasteiger partial charge is 0.251 e. The molecule has 0 unspecified atom stereocenters. The number of nitrogens with one attached hydrogen (secondary N) is 2. The molecule has 5 heteroatoms. The van der Waals surface area contributed by atoms with Crippen LogP contribution in [0.15, 0.2) is 18.2 Å². The van der Waals surface area contributed by atoms with E-state index in [1.54, 1.807) is 11.8 Å². The van der Waals surface area contributed by atoms with Crippen molar-refractivity contribution >= 4 is 30.1 Å². The summed E-state index contributed by atoms with van der Waals surface area (Å²) in [6.07, 6.45) is 2.06. The van der Waals surface area contributed by atoms with Crippen molar-refractivity contribution in [2.45, 2.75) is 31.7 Å². The molecular weight excluding hydrogens is 280 g/mol. The minimum absolute atomic E-state index is 0. The minimum atomic E-state index is 0. The number of carbonyl (C=O) groups is 1. The molecule has 0 bridgehead atoms. The van der Waals surface area contributed by atoms with Crippen molar-refractivity contribution < 1.29 is 4.79 Å². The number of rotatable bonds is 4. The van der Waals surface area contributed by atoms with E-state index in [1.165, 1.54) is 11.1 Å². The topological polar surface area (TPSA) is 41.1 Å². The molecule has 0 aliphatic carbocycles. The van der Waals surface area contributed by atoms with E-state index in [0.717, 1.165) is 18.7 Å². The maximum atomic E-state index is 12.1. The first-order valence-corrected chi connectivity index (χ1v) is 7.40. The molecule has 0 saturated carbocycles. The molecule has 1 aromatic rings. The van der Waals surface area contributed by atoms with Gasteiger partial charge in [0.15, 0.2) is 0 Å². The molecular formula is C14H21ClN2OS. The van der Waals surface area contributed by atoms with E-state index in [2.05, 4.69) is 30.7 Å². The van der Waals surface area contributed by atoms with Crippen LogP contribution in [-0.4, -0.2) is 23.5 Å². The number of amides is 1. The Balaban J connectivity index is 0.00000180. The summed E-state index contributed by atoms with van der Waals surface area (Å²) in [6.45, 7) is 6.72. The molecule has 3 nitrogen and oxygen atoms in total. The van der Waals surface area contributed by atoms with Crippen LogP contribution >= 0.6 is 24.2 Å². The van der Waals surface area contributed by atoms with E-state index in [-0.39, 0.29) is 23.1 Å². The largest absolute Gasteiger partial charge is 0.351 e. The van der Waals surface area contributed by atoms with Gasteiger partial charge in [-0.2, -0.15) is 11.8 Å². The van der Waals surface area contributed by atoms with Crippen LogP contribution in [0.3, 0.4) is 0 Å². The molecule has 106 valence electrons. The number of hydrogen-bond donors (Lipinski definition) is 2. The van der Waals surface area contributed by atoms with Gasteiger partial charge in [0.2, 0.25) is 0 Å². The second kappa shape index (κ2) is 6.64. The maximum absolute atomic E-state index is 12.1. The Morgan fingerprint density at radius 1 is 1.37 bits per heavy atom. The fourth-order valence-electron chi connectivity index (χ4n) is 1.90. The second-order valence-electron chi connectivity index (χ2n) is 5.23. The number of thioether (sulfide) groups is 1. The maximum Gasteiger partial charge on any atom is 0.251 e. The molecule has 0 aromatic heterocycles. The van der Waals surface area contributed by atoms with Crippen LogP contribution in [0.1, 0.15) is 35.3 Å². The van der Waals surface area contributed by atoms with E-state index in [9.17, 15) is 4.79 Å².